The van der Waals surface area contributed by atoms with E-state index in [2.05, 4.69) is 36.2 Å². The second-order valence-corrected chi connectivity index (χ2v) is 6.14. The van der Waals surface area contributed by atoms with Crippen LogP contribution in [0.4, 0.5) is 0 Å². The van der Waals surface area contributed by atoms with E-state index in [0.717, 1.165) is 12.0 Å². The molecule has 0 bridgehead atoms. The van der Waals surface area contributed by atoms with Gasteiger partial charge in [0.2, 0.25) is 0 Å². The van der Waals surface area contributed by atoms with Crippen molar-refractivity contribution in [2.45, 2.75) is 56.9 Å². The van der Waals surface area contributed by atoms with Crippen molar-refractivity contribution >= 4 is 0 Å². The van der Waals surface area contributed by atoms with Crippen LogP contribution in [0.15, 0.2) is 24.3 Å². The predicted molar refractivity (Wildman–Crippen MR) is 77.0 cm³/mol. The number of fused-ring (bicyclic) bond motifs is 1. The molecule has 1 fully saturated rings. The van der Waals surface area contributed by atoms with Crippen LogP contribution in [0.1, 0.15) is 55.6 Å². The fourth-order valence-corrected chi connectivity index (χ4v) is 3.85. The molecule has 1 aromatic carbocycles. The lowest BCUT2D eigenvalue weighted by atomic mass is 9.91. The predicted octanol–water partition coefficient (Wildman–Crippen LogP) is 3.98. The number of rotatable bonds is 3. The van der Waals surface area contributed by atoms with Gasteiger partial charge < -0.3 is 4.90 Å². The van der Waals surface area contributed by atoms with Crippen LogP contribution < -0.4 is 0 Å². The number of likely N-dealkylation sites (tertiary alicyclic amines) is 1. The van der Waals surface area contributed by atoms with E-state index in [1.165, 1.54) is 51.5 Å². The van der Waals surface area contributed by atoms with Gasteiger partial charge in [-0.25, -0.2) is 0 Å². The summed E-state index contributed by atoms with van der Waals surface area (Å²) >= 11 is 0. The molecule has 2 atom stereocenters. The van der Waals surface area contributed by atoms with E-state index in [1.54, 1.807) is 11.1 Å². The van der Waals surface area contributed by atoms with Gasteiger partial charge in [0.15, 0.2) is 0 Å². The zero-order valence-electron chi connectivity index (χ0n) is 11.6. The van der Waals surface area contributed by atoms with Gasteiger partial charge in [-0.2, -0.15) is 0 Å². The first-order valence-electron chi connectivity index (χ1n) is 7.62. The minimum Gasteiger partial charge on any atom is -0.303 e. The number of benzene rings is 1. The van der Waals surface area contributed by atoms with E-state index in [-0.39, 0.29) is 0 Å². The molecule has 1 heteroatoms. The number of hydrogen-bond donors (Lipinski definition) is 0. The summed E-state index contributed by atoms with van der Waals surface area (Å²) in [6.45, 7) is 1.31. The van der Waals surface area contributed by atoms with Gasteiger partial charge in [-0.1, -0.05) is 30.7 Å². The van der Waals surface area contributed by atoms with E-state index in [0.29, 0.717) is 0 Å². The van der Waals surface area contributed by atoms with Crippen LogP contribution in [0, 0.1) is 0 Å². The van der Waals surface area contributed by atoms with E-state index >= 15 is 0 Å². The first-order chi connectivity index (χ1) is 8.84. The zero-order valence-corrected chi connectivity index (χ0v) is 11.6. The Balaban J connectivity index is 1.58. The van der Waals surface area contributed by atoms with Crippen molar-refractivity contribution in [3.8, 4) is 0 Å². The minimum absolute atomic E-state index is 0.844. The van der Waals surface area contributed by atoms with Crippen molar-refractivity contribution < 1.29 is 0 Å². The molecule has 98 valence electrons. The van der Waals surface area contributed by atoms with Gasteiger partial charge in [0, 0.05) is 6.04 Å². The van der Waals surface area contributed by atoms with Gasteiger partial charge in [0.05, 0.1) is 0 Å². The minimum atomic E-state index is 0.844. The van der Waals surface area contributed by atoms with E-state index in [1.807, 2.05) is 0 Å². The summed E-state index contributed by atoms with van der Waals surface area (Å²) in [5, 5.41) is 0. The smallest absolute Gasteiger partial charge is 0.00924 e. The Kier molecular flexibility index (Phi) is 3.69. The summed E-state index contributed by atoms with van der Waals surface area (Å²) in [7, 11) is 2.31. The molecular formula is C17H25N. The highest BCUT2D eigenvalue weighted by Crippen LogP contribution is 2.37. The van der Waals surface area contributed by atoms with Crippen molar-refractivity contribution in [2.24, 2.45) is 0 Å². The Morgan fingerprint density at radius 3 is 2.89 bits per heavy atom. The van der Waals surface area contributed by atoms with Crippen LogP contribution in [-0.2, 0) is 6.42 Å². The fourth-order valence-electron chi connectivity index (χ4n) is 3.85. The van der Waals surface area contributed by atoms with Crippen molar-refractivity contribution in [2.75, 3.05) is 13.6 Å². The van der Waals surface area contributed by atoms with Crippen molar-refractivity contribution in [1.29, 1.82) is 0 Å². The Morgan fingerprint density at radius 1 is 1.11 bits per heavy atom. The Bertz CT molecular complexity index is 398. The molecule has 0 saturated carbocycles. The van der Waals surface area contributed by atoms with Crippen LogP contribution in [-0.4, -0.2) is 24.5 Å². The second kappa shape index (κ2) is 5.44. The molecule has 18 heavy (non-hydrogen) atoms. The standard InChI is InChI=1S/C17H25N/c1-18-13-5-4-7-16(18)12-11-15-10-9-14-6-2-3-8-17(14)15/h2-3,6,8,15-16H,4-5,7,9-13H2,1H3. The van der Waals surface area contributed by atoms with Crippen molar-refractivity contribution in [3.05, 3.63) is 35.4 Å². The Labute approximate surface area is 111 Å². The number of hydrogen-bond acceptors (Lipinski definition) is 1. The van der Waals surface area contributed by atoms with Gasteiger partial charge >= 0.3 is 0 Å². The summed E-state index contributed by atoms with van der Waals surface area (Å²) in [6, 6.07) is 9.94. The zero-order chi connectivity index (χ0) is 12.4. The van der Waals surface area contributed by atoms with Gasteiger partial charge in [0.25, 0.3) is 0 Å². The SMILES string of the molecule is CN1CCCCC1CCC1CCc2ccccc21. The lowest BCUT2D eigenvalue weighted by Gasteiger charge is -2.33. The third kappa shape index (κ3) is 2.47. The van der Waals surface area contributed by atoms with Crippen LogP contribution in [0.3, 0.4) is 0 Å². The number of piperidine rings is 1. The number of nitrogens with zero attached hydrogens (tertiary/aromatic N) is 1. The summed E-state index contributed by atoms with van der Waals surface area (Å²) in [6.07, 6.45) is 9.75. The first kappa shape index (κ1) is 12.2. The maximum atomic E-state index is 2.59. The quantitative estimate of drug-likeness (QED) is 0.776. The fraction of sp³-hybridized carbons (Fsp3) is 0.647. The number of aryl methyl sites for hydroxylation is 1. The molecule has 1 aromatic rings. The van der Waals surface area contributed by atoms with E-state index in [9.17, 15) is 0 Å². The molecule has 2 aliphatic rings. The molecule has 0 N–H and O–H groups in total. The van der Waals surface area contributed by atoms with Gasteiger partial charge in [-0.05, 0) is 69.2 Å². The highest BCUT2D eigenvalue weighted by Gasteiger charge is 2.24. The summed E-state index contributed by atoms with van der Waals surface area (Å²) < 4.78 is 0. The van der Waals surface area contributed by atoms with E-state index < -0.39 is 0 Å². The molecule has 0 amide bonds. The van der Waals surface area contributed by atoms with Crippen LogP contribution in [0.5, 0.6) is 0 Å². The molecule has 3 rings (SSSR count). The topological polar surface area (TPSA) is 3.24 Å². The third-order valence-corrected chi connectivity index (χ3v) is 5.03. The molecule has 1 heterocycles. The highest BCUT2D eigenvalue weighted by atomic mass is 15.1. The normalized spacial score (nSPS) is 28.3. The molecule has 0 aromatic heterocycles. The maximum absolute atomic E-state index is 2.59. The molecule has 1 nitrogen and oxygen atoms in total. The molecule has 1 aliphatic carbocycles. The Hall–Kier alpha value is -0.820. The van der Waals surface area contributed by atoms with Crippen LogP contribution in [0.2, 0.25) is 0 Å². The Morgan fingerprint density at radius 2 is 2.00 bits per heavy atom. The second-order valence-electron chi connectivity index (χ2n) is 6.14. The van der Waals surface area contributed by atoms with E-state index in [4.69, 9.17) is 0 Å². The molecule has 0 radical (unpaired) electrons. The van der Waals surface area contributed by atoms with Crippen molar-refractivity contribution in [1.82, 2.24) is 4.90 Å². The lowest BCUT2D eigenvalue weighted by molar-refractivity contribution is 0.171. The van der Waals surface area contributed by atoms with Gasteiger partial charge in [0.1, 0.15) is 0 Å². The average molecular weight is 243 g/mol. The molecule has 0 spiro atoms. The monoisotopic (exact) mass is 243 g/mol. The summed E-state index contributed by atoms with van der Waals surface area (Å²) in [5.74, 6) is 0.844. The van der Waals surface area contributed by atoms with Gasteiger partial charge in [-0.15, -0.1) is 0 Å². The average Bonchev–Trinajstić information content (AvgIpc) is 2.81. The highest BCUT2D eigenvalue weighted by molar-refractivity contribution is 5.34. The van der Waals surface area contributed by atoms with Crippen LogP contribution >= 0.6 is 0 Å². The molecule has 1 aliphatic heterocycles. The van der Waals surface area contributed by atoms with Gasteiger partial charge in [-0.3, -0.25) is 0 Å². The van der Waals surface area contributed by atoms with Crippen LogP contribution in [0.25, 0.3) is 0 Å². The summed E-state index contributed by atoms with van der Waals surface area (Å²) in [5.41, 5.74) is 3.26. The summed E-state index contributed by atoms with van der Waals surface area (Å²) in [4.78, 5) is 2.59. The molecular weight excluding hydrogens is 218 g/mol. The van der Waals surface area contributed by atoms with Crippen molar-refractivity contribution in [3.63, 3.8) is 0 Å². The first-order valence-corrected chi connectivity index (χ1v) is 7.62. The molecule has 1 saturated heterocycles. The maximum Gasteiger partial charge on any atom is 0.00924 e. The lowest BCUT2D eigenvalue weighted by Crippen LogP contribution is -2.36. The third-order valence-electron chi connectivity index (χ3n) is 5.03. The molecule has 2 unspecified atom stereocenters. The largest absolute Gasteiger partial charge is 0.303 e.